The highest BCUT2D eigenvalue weighted by Crippen LogP contribution is 2.31. The number of fused-ring (bicyclic) bond motifs is 3. The zero-order valence-electron chi connectivity index (χ0n) is 16.1. The zero-order chi connectivity index (χ0) is 20.3. The normalized spacial score (nSPS) is 10.9. The first-order valence-electron chi connectivity index (χ1n) is 9.66. The maximum atomic E-state index is 12.2. The molecule has 0 fully saturated rings. The minimum atomic E-state index is -0.464. The highest BCUT2D eigenvalue weighted by atomic mass is 16.6. The van der Waals surface area contributed by atoms with Crippen LogP contribution in [0, 0.1) is 0 Å². The van der Waals surface area contributed by atoms with Gasteiger partial charge in [-0.2, -0.15) is 0 Å². The fourth-order valence-corrected chi connectivity index (χ4v) is 3.45. The number of carbonyl (C=O) groups excluding carboxylic acids is 1. The molecular formula is C26H18O4. The second kappa shape index (κ2) is 7.76. The molecule has 4 heteroatoms. The third kappa shape index (κ3) is 3.63. The smallest absolute Gasteiger partial charge is 0.349 e. The van der Waals surface area contributed by atoms with E-state index in [0.29, 0.717) is 11.5 Å². The Morgan fingerprint density at radius 3 is 2.17 bits per heavy atom. The first kappa shape index (κ1) is 18.0. The van der Waals surface area contributed by atoms with Crippen LogP contribution in [-0.2, 0) is 4.79 Å². The van der Waals surface area contributed by atoms with Crippen molar-refractivity contribution in [2.45, 2.75) is 0 Å². The van der Waals surface area contributed by atoms with E-state index < -0.39 is 5.97 Å². The van der Waals surface area contributed by atoms with Gasteiger partial charge in [0.25, 0.3) is 0 Å². The Labute approximate surface area is 173 Å². The Morgan fingerprint density at radius 2 is 1.33 bits per heavy atom. The molecule has 146 valence electrons. The molecular weight excluding hydrogens is 376 g/mol. The number of hydrogen-bond donors (Lipinski definition) is 0. The average molecular weight is 394 g/mol. The lowest BCUT2D eigenvalue weighted by Crippen LogP contribution is -2.17. The van der Waals surface area contributed by atoms with E-state index in [9.17, 15) is 4.79 Å². The Hall–Kier alpha value is -4.05. The van der Waals surface area contributed by atoms with Crippen molar-refractivity contribution in [2.24, 2.45) is 0 Å². The summed E-state index contributed by atoms with van der Waals surface area (Å²) in [5.41, 5.74) is 3.78. The van der Waals surface area contributed by atoms with E-state index in [1.54, 1.807) is 12.1 Å². The number of ether oxygens (including phenoxy) is 2. The van der Waals surface area contributed by atoms with Gasteiger partial charge in [-0.25, -0.2) is 4.79 Å². The van der Waals surface area contributed by atoms with Gasteiger partial charge in [-0.3, -0.25) is 0 Å². The van der Waals surface area contributed by atoms with Gasteiger partial charge in [0.05, 0.1) is 0 Å². The average Bonchev–Trinajstić information content (AvgIpc) is 3.17. The lowest BCUT2D eigenvalue weighted by Gasteiger charge is -2.08. The number of carbonyl (C=O) groups is 1. The van der Waals surface area contributed by atoms with Crippen LogP contribution in [-0.4, -0.2) is 12.6 Å². The minimum Gasteiger partial charge on any atom is -0.482 e. The number of rotatable bonds is 5. The Balaban J connectivity index is 1.24. The molecule has 0 bridgehead atoms. The third-order valence-electron chi connectivity index (χ3n) is 4.90. The molecule has 4 aromatic carbocycles. The van der Waals surface area contributed by atoms with Crippen LogP contribution in [0.2, 0.25) is 0 Å². The summed E-state index contributed by atoms with van der Waals surface area (Å²) in [7, 11) is 0. The maximum absolute atomic E-state index is 12.2. The predicted molar refractivity (Wildman–Crippen MR) is 117 cm³/mol. The largest absolute Gasteiger partial charge is 0.482 e. The molecule has 5 aromatic rings. The molecule has 0 aliphatic heterocycles. The van der Waals surface area contributed by atoms with Crippen LogP contribution in [0.3, 0.4) is 0 Å². The second-order valence-corrected chi connectivity index (χ2v) is 6.91. The molecule has 1 aromatic heterocycles. The molecule has 0 atom stereocenters. The van der Waals surface area contributed by atoms with E-state index in [1.165, 1.54) is 0 Å². The van der Waals surface area contributed by atoms with Crippen molar-refractivity contribution in [3.8, 4) is 22.6 Å². The van der Waals surface area contributed by atoms with Crippen molar-refractivity contribution in [1.29, 1.82) is 0 Å². The van der Waals surface area contributed by atoms with Crippen molar-refractivity contribution in [2.75, 3.05) is 6.61 Å². The van der Waals surface area contributed by atoms with E-state index in [-0.39, 0.29) is 6.61 Å². The van der Waals surface area contributed by atoms with Crippen molar-refractivity contribution < 1.29 is 18.7 Å². The zero-order valence-corrected chi connectivity index (χ0v) is 16.1. The summed E-state index contributed by atoms with van der Waals surface area (Å²) in [5, 5.41) is 1.90. The summed E-state index contributed by atoms with van der Waals surface area (Å²) < 4.78 is 16.8. The molecule has 0 unspecified atom stereocenters. The van der Waals surface area contributed by atoms with Crippen LogP contribution in [0.5, 0.6) is 11.5 Å². The van der Waals surface area contributed by atoms with Crippen molar-refractivity contribution in [3.63, 3.8) is 0 Å². The number of furan rings is 1. The molecule has 0 aliphatic rings. The summed E-state index contributed by atoms with van der Waals surface area (Å²) in [6.45, 7) is -0.172. The Kier molecular flexibility index (Phi) is 4.66. The predicted octanol–water partition coefficient (Wildman–Crippen LogP) is 6.24. The van der Waals surface area contributed by atoms with Crippen LogP contribution >= 0.6 is 0 Å². The van der Waals surface area contributed by atoms with Gasteiger partial charge in [0.2, 0.25) is 0 Å². The topological polar surface area (TPSA) is 48.7 Å². The molecule has 0 N–H and O–H groups in total. The standard InChI is InChI=1S/C26H18O4/c27-26(17-28-20-12-10-19(11-13-20)18-6-2-1-3-7-18)29-21-14-15-25-23(16-21)22-8-4-5-9-24(22)30-25/h1-16H,17H2. The van der Waals surface area contributed by atoms with Crippen LogP contribution in [0.25, 0.3) is 33.1 Å². The molecule has 4 nitrogen and oxygen atoms in total. The van der Waals surface area contributed by atoms with Gasteiger partial charge in [-0.1, -0.05) is 60.7 Å². The molecule has 0 saturated heterocycles. The van der Waals surface area contributed by atoms with E-state index in [1.807, 2.05) is 84.9 Å². The summed E-state index contributed by atoms with van der Waals surface area (Å²) in [6.07, 6.45) is 0. The molecule has 30 heavy (non-hydrogen) atoms. The maximum Gasteiger partial charge on any atom is 0.349 e. The summed E-state index contributed by atoms with van der Waals surface area (Å²) in [6, 6.07) is 30.8. The Morgan fingerprint density at radius 1 is 0.667 bits per heavy atom. The summed E-state index contributed by atoms with van der Waals surface area (Å²) in [5.74, 6) is 0.610. The summed E-state index contributed by atoms with van der Waals surface area (Å²) in [4.78, 5) is 12.2. The van der Waals surface area contributed by atoms with E-state index in [0.717, 1.165) is 33.1 Å². The molecule has 0 aliphatic carbocycles. The lowest BCUT2D eigenvalue weighted by atomic mass is 10.1. The van der Waals surface area contributed by atoms with E-state index >= 15 is 0 Å². The molecule has 0 spiro atoms. The minimum absolute atomic E-state index is 0.172. The van der Waals surface area contributed by atoms with Crippen molar-refractivity contribution in [3.05, 3.63) is 97.1 Å². The number of hydrogen-bond acceptors (Lipinski definition) is 4. The number of esters is 1. The van der Waals surface area contributed by atoms with Crippen LogP contribution in [0.15, 0.2) is 101 Å². The highest BCUT2D eigenvalue weighted by Gasteiger charge is 2.11. The monoisotopic (exact) mass is 394 g/mol. The fourth-order valence-electron chi connectivity index (χ4n) is 3.45. The van der Waals surface area contributed by atoms with Crippen molar-refractivity contribution >= 4 is 27.9 Å². The van der Waals surface area contributed by atoms with Gasteiger partial charge in [0, 0.05) is 10.8 Å². The molecule has 0 amide bonds. The first-order chi connectivity index (χ1) is 14.8. The SMILES string of the molecule is O=C(COc1ccc(-c2ccccc2)cc1)Oc1ccc2oc3ccccc3c2c1. The van der Waals surface area contributed by atoms with Gasteiger partial charge >= 0.3 is 5.97 Å². The fraction of sp³-hybridized carbons (Fsp3) is 0.0385. The quantitative estimate of drug-likeness (QED) is 0.262. The van der Waals surface area contributed by atoms with Gasteiger partial charge in [-0.05, 0) is 47.5 Å². The Bertz CT molecular complexity index is 1320. The van der Waals surface area contributed by atoms with Gasteiger partial charge < -0.3 is 13.9 Å². The number of benzene rings is 4. The summed E-state index contributed by atoms with van der Waals surface area (Å²) >= 11 is 0. The highest BCUT2D eigenvalue weighted by molar-refractivity contribution is 6.05. The van der Waals surface area contributed by atoms with Crippen LogP contribution in [0.1, 0.15) is 0 Å². The van der Waals surface area contributed by atoms with Crippen LogP contribution in [0.4, 0.5) is 0 Å². The number of para-hydroxylation sites is 1. The third-order valence-corrected chi connectivity index (χ3v) is 4.90. The first-order valence-corrected chi connectivity index (χ1v) is 9.66. The molecule has 5 rings (SSSR count). The molecule has 0 saturated carbocycles. The van der Waals surface area contributed by atoms with Gasteiger partial charge in [-0.15, -0.1) is 0 Å². The van der Waals surface area contributed by atoms with E-state index in [2.05, 4.69) is 0 Å². The van der Waals surface area contributed by atoms with Crippen molar-refractivity contribution in [1.82, 2.24) is 0 Å². The van der Waals surface area contributed by atoms with Gasteiger partial charge in [0.1, 0.15) is 22.7 Å². The van der Waals surface area contributed by atoms with Gasteiger partial charge in [0.15, 0.2) is 6.61 Å². The lowest BCUT2D eigenvalue weighted by molar-refractivity contribution is -0.136. The second-order valence-electron chi connectivity index (χ2n) is 6.91. The van der Waals surface area contributed by atoms with Crippen LogP contribution < -0.4 is 9.47 Å². The molecule has 0 radical (unpaired) electrons. The van der Waals surface area contributed by atoms with E-state index in [4.69, 9.17) is 13.9 Å². The molecule has 1 heterocycles.